The predicted molar refractivity (Wildman–Crippen MR) is 126 cm³/mol. The van der Waals surface area contributed by atoms with Crippen LogP contribution in [0.4, 0.5) is 0 Å². The van der Waals surface area contributed by atoms with Crippen LogP contribution in [0.25, 0.3) is 0 Å². The van der Waals surface area contributed by atoms with E-state index in [2.05, 4.69) is 69.2 Å². The molecule has 0 saturated heterocycles. The first-order chi connectivity index (χ1) is 12.2. The van der Waals surface area contributed by atoms with Crippen molar-refractivity contribution in [2.24, 2.45) is 16.2 Å². The Morgan fingerprint density at radius 3 is 1.75 bits per heavy atom. The SMILES string of the molecule is CCC1(CC)C(Cl)=C(C)C([SiH2]C2=C(C(C)(C)C)CC(Cl)=C2C)=C1C(C)(C)C.[Ti]. The van der Waals surface area contributed by atoms with Gasteiger partial charge in [-0.1, -0.05) is 100 Å². The number of rotatable bonds is 4. The van der Waals surface area contributed by atoms with E-state index in [4.69, 9.17) is 23.2 Å². The molecule has 2 rings (SSSR count). The molecular weight excluding hydrogens is 435 g/mol. The first-order valence-electron chi connectivity index (χ1n) is 10.4. The molecule has 0 amide bonds. The molecule has 0 bridgehead atoms. The maximum absolute atomic E-state index is 7.06. The van der Waals surface area contributed by atoms with Crippen molar-refractivity contribution in [2.75, 3.05) is 0 Å². The first kappa shape index (κ1) is 26.5. The van der Waals surface area contributed by atoms with Crippen molar-refractivity contribution in [1.29, 1.82) is 0 Å². The van der Waals surface area contributed by atoms with E-state index in [9.17, 15) is 0 Å². The fourth-order valence-electron chi connectivity index (χ4n) is 5.30. The Morgan fingerprint density at radius 1 is 0.857 bits per heavy atom. The van der Waals surface area contributed by atoms with E-state index in [-0.39, 0.29) is 38.0 Å². The summed E-state index contributed by atoms with van der Waals surface area (Å²) in [6.45, 7) is 23.1. The molecule has 0 radical (unpaired) electrons. The first-order valence-corrected chi connectivity index (χ1v) is 12.6. The summed E-state index contributed by atoms with van der Waals surface area (Å²) in [6, 6.07) is 0. The summed E-state index contributed by atoms with van der Waals surface area (Å²) in [5.41, 5.74) is 6.15. The van der Waals surface area contributed by atoms with Crippen LogP contribution in [0, 0.1) is 16.2 Å². The van der Waals surface area contributed by atoms with Gasteiger partial charge in [0.25, 0.3) is 0 Å². The molecule has 4 heteroatoms. The van der Waals surface area contributed by atoms with Gasteiger partial charge in [-0.25, -0.2) is 0 Å². The average molecular weight is 473 g/mol. The Balaban J connectivity index is 0.00000392. The zero-order valence-corrected chi connectivity index (χ0v) is 24.1. The fourth-order valence-corrected chi connectivity index (χ4v) is 9.44. The average Bonchev–Trinajstić information content (AvgIpc) is 2.95. The molecular formula is C24H38Cl2SiTi. The van der Waals surface area contributed by atoms with Crippen LogP contribution >= 0.6 is 23.2 Å². The monoisotopic (exact) mass is 472 g/mol. The zero-order valence-electron chi connectivity index (χ0n) is 19.6. The third-order valence-corrected chi connectivity index (χ3v) is 10.4. The van der Waals surface area contributed by atoms with Crippen molar-refractivity contribution in [3.05, 3.63) is 42.7 Å². The molecule has 0 atom stereocenters. The van der Waals surface area contributed by atoms with Gasteiger partial charge in [-0.2, -0.15) is 0 Å². The molecule has 0 unspecified atom stereocenters. The van der Waals surface area contributed by atoms with Gasteiger partial charge in [0.2, 0.25) is 0 Å². The quantitative estimate of drug-likeness (QED) is 0.363. The summed E-state index contributed by atoms with van der Waals surface area (Å²) < 4.78 is 0. The minimum atomic E-state index is -0.662. The molecule has 0 aromatic carbocycles. The van der Waals surface area contributed by atoms with Crippen LogP contribution in [-0.2, 0) is 21.7 Å². The van der Waals surface area contributed by atoms with Crippen LogP contribution < -0.4 is 0 Å². The second kappa shape index (κ2) is 8.91. The van der Waals surface area contributed by atoms with Crippen molar-refractivity contribution in [3.63, 3.8) is 0 Å². The molecule has 0 heterocycles. The Labute approximate surface area is 201 Å². The largest absolute Gasteiger partial charge is 0.0885 e. The van der Waals surface area contributed by atoms with E-state index in [1.54, 1.807) is 21.5 Å². The van der Waals surface area contributed by atoms with Crippen molar-refractivity contribution >= 4 is 32.7 Å². The Kier molecular flexibility index (Phi) is 8.44. The Bertz CT molecular complexity index is 763. The molecule has 0 nitrogen and oxygen atoms in total. The van der Waals surface area contributed by atoms with E-state index >= 15 is 0 Å². The summed E-state index contributed by atoms with van der Waals surface area (Å²) in [6.07, 6.45) is 3.08. The molecule has 0 N–H and O–H groups in total. The number of hydrogen-bond donors (Lipinski definition) is 0. The van der Waals surface area contributed by atoms with E-state index in [1.165, 1.54) is 11.1 Å². The topological polar surface area (TPSA) is 0 Å². The van der Waals surface area contributed by atoms with Crippen molar-refractivity contribution in [1.82, 2.24) is 0 Å². The minimum absolute atomic E-state index is 0. The van der Waals surface area contributed by atoms with Gasteiger partial charge in [0.1, 0.15) is 0 Å². The van der Waals surface area contributed by atoms with Gasteiger partial charge in [0.15, 0.2) is 0 Å². The van der Waals surface area contributed by atoms with Crippen LogP contribution in [0.2, 0.25) is 0 Å². The van der Waals surface area contributed by atoms with Crippen LogP contribution in [-0.4, -0.2) is 9.52 Å². The third kappa shape index (κ3) is 4.40. The molecule has 28 heavy (non-hydrogen) atoms. The molecule has 0 aromatic rings. The summed E-state index contributed by atoms with van der Waals surface area (Å²) in [7, 11) is -0.662. The van der Waals surface area contributed by atoms with Crippen molar-refractivity contribution in [2.45, 2.75) is 88.5 Å². The van der Waals surface area contributed by atoms with Crippen LogP contribution in [0.1, 0.15) is 88.5 Å². The van der Waals surface area contributed by atoms with E-state index in [0.29, 0.717) is 0 Å². The third-order valence-electron chi connectivity index (χ3n) is 6.75. The number of hydrogen-bond acceptors (Lipinski definition) is 0. The molecule has 0 fully saturated rings. The molecule has 0 aliphatic heterocycles. The molecule has 156 valence electrons. The van der Waals surface area contributed by atoms with Gasteiger partial charge >= 0.3 is 0 Å². The van der Waals surface area contributed by atoms with Gasteiger partial charge in [0.05, 0.1) is 9.52 Å². The van der Waals surface area contributed by atoms with Crippen molar-refractivity contribution in [3.8, 4) is 0 Å². The van der Waals surface area contributed by atoms with Gasteiger partial charge in [-0.05, 0) is 48.7 Å². The fraction of sp³-hybridized carbons (Fsp3) is 0.667. The summed E-state index contributed by atoms with van der Waals surface area (Å²) in [5, 5.41) is 5.32. The van der Waals surface area contributed by atoms with E-state index in [0.717, 1.165) is 29.3 Å². The summed E-state index contributed by atoms with van der Waals surface area (Å²) in [5.74, 6) is 0. The Morgan fingerprint density at radius 2 is 1.36 bits per heavy atom. The second-order valence-electron chi connectivity index (χ2n) is 10.4. The van der Waals surface area contributed by atoms with Crippen LogP contribution in [0.3, 0.4) is 0 Å². The van der Waals surface area contributed by atoms with Crippen LogP contribution in [0.5, 0.6) is 0 Å². The predicted octanol–water partition coefficient (Wildman–Crippen LogP) is 8.00. The van der Waals surface area contributed by atoms with Gasteiger partial charge < -0.3 is 0 Å². The van der Waals surface area contributed by atoms with E-state index in [1.807, 2.05) is 0 Å². The summed E-state index contributed by atoms with van der Waals surface area (Å²) >= 11 is 13.7. The van der Waals surface area contributed by atoms with E-state index < -0.39 is 9.52 Å². The number of halogens is 2. The molecule has 0 aromatic heterocycles. The molecule has 0 spiro atoms. The van der Waals surface area contributed by atoms with Gasteiger partial charge in [-0.15, -0.1) is 0 Å². The molecule has 2 aliphatic carbocycles. The summed E-state index contributed by atoms with van der Waals surface area (Å²) in [4.78, 5) is 0. The van der Waals surface area contributed by atoms with Crippen molar-refractivity contribution < 1.29 is 21.7 Å². The van der Waals surface area contributed by atoms with Gasteiger partial charge in [0, 0.05) is 43.6 Å². The molecule has 0 saturated carbocycles. The smallest absolute Gasteiger partial charge is 0.0883 e. The maximum Gasteiger partial charge on any atom is 0.0883 e. The standard InChI is InChI=1S/C24H38Cl2Si.Ti/c1-11-24(12-2)20(23(8,9)10)19(15(4)21(24)26)27-18-14(3)17(25)13-16(18)22(5,6)7;/h11-13,27H2,1-10H3;. The number of allylic oxidation sites excluding steroid dienone is 8. The Hall–Kier alpha value is 0.471. The zero-order chi connectivity index (χ0) is 20.9. The van der Waals surface area contributed by atoms with Gasteiger partial charge in [-0.3, -0.25) is 0 Å². The van der Waals surface area contributed by atoms with Crippen LogP contribution in [0.15, 0.2) is 42.7 Å². The molecule has 2 aliphatic rings. The maximum atomic E-state index is 7.06. The second-order valence-corrected chi connectivity index (χ2v) is 13.0. The minimum Gasteiger partial charge on any atom is -0.0885 e. The normalized spacial score (nSPS) is 21.0.